The minimum absolute atomic E-state index is 0.0277. The number of hydrogen-bond acceptors (Lipinski definition) is 6. The van der Waals surface area contributed by atoms with Gasteiger partial charge in [-0.3, -0.25) is 9.69 Å². The number of rotatable bonds is 3. The Hall–Kier alpha value is -2.64. The van der Waals surface area contributed by atoms with Crippen molar-refractivity contribution in [3.63, 3.8) is 0 Å². The highest BCUT2D eigenvalue weighted by Crippen LogP contribution is 2.35. The molecule has 1 N–H and O–H groups in total. The lowest BCUT2D eigenvalue weighted by atomic mass is 9.98. The standard InChI is InChI=1S/C14H14N4O4/c19-12-14(5-1-2-6-14)15-13(20)18(12)8-10-16-17-11(22-10)9-4-3-7-21-9/h3-4,7H,1-2,5-6,8H2,(H,15,20). The third-order valence-corrected chi connectivity index (χ3v) is 4.20. The van der Waals surface area contributed by atoms with E-state index in [1.807, 2.05) is 0 Å². The summed E-state index contributed by atoms with van der Waals surface area (Å²) in [6, 6.07) is 3.00. The molecule has 114 valence electrons. The molecule has 22 heavy (non-hydrogen) atoms. The highest BCUT2D eigenvalue weighted by atomic mass is 16.4. The molecule has 2 aliphatic rings. The lowest BCUT2D eigenvalue weighted by molar-refractivity contribution is -0.131. The molecule has 3 amide bonds. The predicted molar refractivity (Wildman–Crippen MR) is 72.3 cm³/mol. The van der Waals surface area contributed by atoms with Gasteiger partial charge in [0.25, 0.3) is 11.8 Å². The van der Waals surface area contributed by atoms with Crippen LogP contribution in [0.15, 0.2) is 27.2 Å². The summed E-state index contributed by atoms with van der Waals surface area (Å²) in [5.41, 5.74) is -0.721. The summed E-state index contributed by atoms with van der Waals surface area (Å²) in [7, 11) is 0. The maximum Gasteiger partial charge on any atom is 0.325 e. The fourth-order valence-corrected chi connectivity index (χ4v) is 3.09. The van der Waals surface area contributed by atoms with Crippen molar-refractivity contribution in [2.45, 2.75) is 37.8 Å². The minimum atomic E-state index is -0.721. The van der Waals surface area contributed by atoms with E-state index >= 15 is 0 Å². The number of imide groups is 1. The molecule has 0 radical (unpaired) electrons. The Morgan fingerprint density at radius 3 is 2.82 bits per heavy atom. The molecular formula is C14H14N4O4. The van der Waals surface area contributed by atoms with Gasteiger partial charge in [0.1, 0.15) is 12.1 Å². The summed E-state index contributed by atoms with van der Waals surface area (Å²) >= 11 is 0. The Morgan fingerprint density at radius 1 is 1.27 bits per heavy atom. The summed E-state index contributed by atoms with van der Waals surface area (Å²) in [5.74, 6) is 0.670. The van der Waals surface area contributed by atoms with Crippen LogP contribution in [0.25, 0.3) is 11.7 Å². The van der Waals surface area contributed by atoms with Crippen LogP contribution >= 0.6 is 0 Å². The van der Waals surface area contributed by atoms with Crippen LogP contribution in [0.4, 0.5) is 4.79 Å². The smallest absolute Gasteiger partial charge is 0.325 e. The molecule has 8 nitrogen and oxygen atoms in total. The second-order valence-electron chi connectivity index (χ2n) is 5.59. The highest BCUT2D eigenvalue weighted by molar-refractivity contribution is 6.07. The Kier molecular flexibility index (Phi) is 2.78. The van der Waals surface area contributed by atoms with Crippen molar-refractivity contribution in [3.8, 4) is 11.7 Å². The zero-order chi connectivity index (χ0) is 15.2. The van der Waals surface area contributed by atoms with Gasteiger partial charge in [-0.05, 0) is 25.0 Å². The van der Waals surface area contributed by atoms with Crippen LogP contribution in [0.5, 0.6) is 0 Å². The summed E-state index contributed by atoms with van der Waals surface area (Å²) in [4.78, 5) is 25.7. The highest BCUT2D eigenvalue weighted by Gasteiger charge is 2.52. The molecule has 4 rings (SSSR count). The average molecular weight is 302 g/mol. The predicted octanol–water partition coefficient (Wildman–Crippen LogP) is 1.69. The molecule has 0 atom stereocenters. The van der Waals surface area contributed by atoms with Crippen LogP contribution in [0.1, 0.15) is 31.6 Å². The summed E-state index contributed by atoms with van der Waals surface area (Å²) in [6.07, 6.45) is 4.78. The summed E-state index contributed by atoms with van der Waals surface area (Å²) in [6.45, 7) is -0.0277. The zero-order valence-electron chi connectivity index (χ0n) is 11.7. The van der Waals surface area contributed by atoms with Crippen molar-refractivity contribution in [2.75, 3.05) is 0 Å². The number of aromatic nitrogens is 2. The summed E-state index contributed by atoms with van der Waals surface area (Å²) < 4.78 is 10.6. The quantitative estimate of drug-likeness (QED) is 0.866. The number of hydrogen-bond donors (Lipinski definition) is 1. The van der Waals surface area contributed by atoms with Crippen LogP contribution in [0, 0.1) is 0 Å². The number of nitrogens with zero attached hydrogens (tertiary/aromatic N) is 3. The largest absolute Gasteiger partial charge is 0.459 e. The van der Waals surface area contributed by atoms with Gasteiger partial charge in [0.2, 0.25) is 5.89 Å². The maximum absolute atomic E-state index is 12.5. The lowest BCUT2D eigenvalue weighted by Crippen LogP contribution is -2.44. The number of carbonyl (C=O) groups is 2. The van der Waals surface area contributed by atoms with Gasteiger partial charge in [-0.1, -0.05) is 12.8 Å². The van der Waals surface area contributed by atoms with Gasteiger partial charge < -0.3 is 14.2 Å². The van der Waals surface area contributed by atoms with Crippen molar-refractivity contribution in [1.29, 1.82) is 0 Å². The van der Waals surface area contributed by atoms with E-state index in [2.05, 4.69) is 15.5 Å². The van der Waals surface area contributed by atoms with Gasteiger partial charge in [-0.2, -0.15) is 0 Å². The van der Waals surface area contributed by atoms with E-state index in [1.165, 1.54) is 6.26 Å². The van der Waals surface area contributed by atoms with Gasteiger partial charge in [-0.15, -0.1) is 10.2 Å². The molecule has 1 saturated heterocycles. The van der Waals surface area contributed by atoms with Crippen LogP contribution in [0.3, 0.4) is 0 Å². The Balaban J connectivity index is 1.54. The first-order chi connectivity index (χ1) is 10.7. The van der Waals surface area contributed by atoms with E-state index in [-0.39, 0.29) is 24.2 Å². The Morgan fingerprint density at radius 2 is 2.09 bits per heavy atom. The Bertz CT molecular complexity index is 715. The number of furan rings is 1. The van der Waals surface area contributed by atoms with E-state index in [1.54, 1.807) is 12.1 Å². The molecule has 1 aliphatic carbocycles. The van der Waals surface area contributed by atoms with Crippen molar-refractivity contribution < 1.29 is 18.4 Å². The minimum Gasteiger partial charge on any atom is -0.459 e. The van der Waals surface area contributed by atoms with Gasteiger partial charge in [-0.25, -0.2) is 4.79 Å². The molecule has 2 aromatic rings. The van der Waals surface area contributed by atoms with E-state index in [0.717, 1.165) is 17.7 Å². The first kappa shape index (κ1) is 13.1. The fraction of sp³-hybridized carbons (Fsp3) is 0.429. The number of urea groups is 1. The lowest BCUT2D eigenvalue weighted by Gasteiger charge is -2.19. The molecule has 1 saturated carbocycles. The fourth-order valence-electron chi connectivity index (χ4n) is 3.09. The second-order valence-corrected chi connectivity index (χ2v) is 5.59. The average Bonchev–Trinajstić information content (AvgIpc) is 3.25. The molecule has 3 heterocycles. The third-order valence-electron chi connectivity index (χ3n) is 4.20. The van der Waals surface area contributed by atoms with Gasteiger partial charge in [0, 0.05) is 0 Å². The summed E-state index contributed by atoms with van der Waals surface area (Å²) in [5, 5.41) is 10.5. The van der Waals surface area contributed by atoms with E-state index < -0.39 is 11.6 Å². The van der Waals surface area contributed by atoms with Crippen molar-refractivity contribution >= 4 is 11.9 Å². The molecule has 0 aromatic carbocycles. The normalized spacial score (nSPS) is 20.1. The van der Waals surface area contributed by atoms with Gasteiger partial charge >= 0.3 is 6.03 Å². The van der Waals surface area contributed by atoms with E-state index in [0.29, 0.717) is 18.6 Å². The van der Waals surface area contributed by atoms with E-state index in [9.17, 15) is 9.59 Å². The number of amides is 3. The Labute approximate surface area is 125 Å². The number of carbonyl (C=O) groups excluding carboxylic acids is 2. The monoisotopic (exact) mass is 302 g/mol. The van der Waals surface area contributed by atoms with Crippen LogP contribution in [-0.2, 0) is 11.3 Å². The molecule has 0 bridgehead atoms. The zero-order valence-corrected chi connectivity index (χ0v) is 11.7. The third kappa shape index (κ3) is 1.91. The second kappa shape index (κ2) is 4.69. The van der Waals surface area contributed by atoms with E-state index in [4.69, 9.17) is 8.83 Å². The SMILES string of the molecule is O=C1NC2(CCCC2)C(=O)N1Cc1nnc(-c2ccco2)o1. The van der Waals surface area contributed by atoms with Gasteiger partial charge in [0.05, 0.1) is 6.26 Å². The van der Waals surface area contributed by atoms with Crippen molar-refractivity contribution in [2.24, 2.45) is 0 Å². The van der Waals surface area contributed by atoms with Crippen molar-refractivity contribution in [3.05, 3.63) is 24.3 Å². The molecule has 8 heteroatoms. The molecule has 1 spiro atoms. The van der Waals surface area contributed by atoms with Crippen LogP contribution in [-0.4, -0.2) is 32.6 Å². The molecular weight excluding hydrogens is 288 g/mol. The van der Waals surface area contributed by atoms with Crippen LogP contribution in [0.2, 0.25) is 0 Å². The molecule has 2 fully saturated rings. The topological polar surface area (TPSA) is 101 Å². The first-order valence-corrected chi connectivity index (χ1v) is 7.18. The molecule has 2 aromatic heterocycles. The van der Waals surface area contributed by atoms with Crippen LogP contribution < -0.4 is 5.32 Å². The number of nitrogens with one attached hydrogen (secondary N) is 1. The van der Waals surface area contributed by atoms with Crippen molar-refractivity contribution in [1.82, 2.24) is 20.4 Å². The molecule has 0 unspecified atom stereocenters. The maximum atomic E-state index is 12.5. The molecule has 1 aliphatic heterocycles. The first-order valence-electron chi connectivity index (χ1n) is 7.18. The van der Waals surface area contributed by atoms with Gasteiger partial charge in [0.15, 0.2) is 5.76 Å².